The molecule has 0 radical (unpaired) electrons. The van der Waals surface area contributed by atoms with Gasteiger partial charge in [-0.1, -0.05) is 18.2 Å². The molecule has 0 saturated carbocycles. The molecular weight excluding hydrogens is 338 g/mol. The van der Waals surface area contributed by atoms with E-state index in [4.69, 9.17) is 4.74 Å². The number of ether oxygens (including phenoxy) is 1. The van der Waals surface area contributed by atoms with Crippen LogP contribution in [-0.2, 0) is 19.4 Å². The van der Waals surface area contributed by atoms with E-state index in [0.717, 1.165) is 18.6 Å². The van der Waals surface area contributed by atoms with Gasteiger partial charge in [-0.25, -0.2) is 0 Å². The molecule has 0 unspecified atom stereocenters. The Hall–Kier alpha value is -3.08. The molecule has 27 heavy (non-hydrogen) atoms. The number of hydrogen-bond donors (Lipinski definition) is 1. The summed E-state index contributed by atoms with van der Waals surface area (Å²) in [6, 6.07) is 16.8. The number of carbonyl (C=O) groups is 1. The van der Waals surface area contributed by atoms with Gasteiger partial charge in [0.25, 0.3) is 5.91 Å². The van der Waals surface area contributed by atoms with Crippen molar-refractivity contribution in [2.24, 2.45) is 0 Å². The number of fused-ring (bicyclic) bond motifs is 1. The molecule has 1 aliphatic rings. The first-order valence-corrected chi connectivity index (χ1v) is 9.44. The second kappa shape index (κ2) is 8.08. The first-order chi connectivity index (χ1) is 13.3. The summed E-state index contributed by atoms with van der Waals surface area (Å²) in [6.45, 7) is 1.27. The maximum absolute atomic E-state index is 12.3. The van der Waals surface area contributed by atoms with Crippen molar-refractivity contribution in [1.82, 2.24) is 15.1 Å². The Kier molecular flexibility index (Phi) is 5.19. The molecule has 5 nitrogen and oxygen atoms in total. The lowest BCUT2D eigenvalue weighted by atomic mass is 9.98. The van der Waals surface area contributed by atoms with Crippen molar-refractivity contribution in [2.75, 3.05) is 6.54 Å². The molecule has 138 valence electrons. The Morgan fingerprint density at radius 3 is 2.56 bits per heavy atom. The molecule has 3 aromatic rings. The third-order valence-electron chi connectivity index (χ3n) is 4.85. The second-order valence-corrected chi connectivity index (χ2v) is 6.74. The molecule has 0 aliphatic heterocycles. The van der Waals surface area contributed by atoms with Crippen molar-refractivity contribution in [3.05, 3.63) is 77.6 Å². The zero-order valence-corrected chi connectivity index (χ0v) is 15.2. The van der Waals surface area contributed by atoms with E-state index in [1.807, 2.05) is 53.3 Å². The highest BCUT2D eigenvalue weighted by Gasteiger charge is 2.14. The maximum atomic E-state index is 12.3. The Labute approximate surface area is 159 Å². The van der Waals surface area contributed by atoms with E-state index in [2.05, 4.69) is 10.4 Å². The molecule has 1 amide bonds. The van der Waals surface area contributed by atoms with E-state index in [0.29, 0.717) is 24.4 Å². The molecule has 1 aromatic heterocycles. The maximum Gasteiger partial charge on any atom is 0.251 e. The molecule has 0 spiro atoms. The molecule has 0 saturated heterocycles. The van der Waals surface area contributed by atoms with Crippen molar-refractivity contribution >= 4 is 5.91 Å². The normalized spacial score (nSPS) is 13.0. The van der Waals surface area contributed by atoms with Crippen LogP contribution in [0.25, 0.3) is 0 Å². The van der Waals surface area contributed by atoms with Crippen molar-refractivity contribution in [3.63, 3.8) is 0 Å². The molecule has 1 aliphatic carbocycles. The third kappa shape index (κ3) is 4.19. The van der Waals surface area contributed by atoms with Crippen LogP contribution in [0.1, 0.15) is 34.5 Å². The smallest absolute Gasteiger partial charge is 0.251 e. The highest BCUT2D eigenvalue weighted by molar-refractivity contribution is 5.94. The SMILES string of the molecule is O=C(NCCn1ncc2c1CCCC2)c1ccc(Oc2ccccc2)cc1. The number of amides is 1. The fourth-order valence-electron chi connectivity index (χ4n) is 3.42. The minimum absolute atomic E-state index is 0.0812. The van der Waals surface area contributed by atoms with Crippen LogP contribution in [0.4, 0.5) is 0 Å². The summed E-state index contributed by atoms with van der Waals surface area (Å²) in [7, 11) is 0. The minimum Gasteiger partial charge on any atom is -0.457 e. The molecule has 0 fully saturated rings. The fraction of sp³-hybridized carbons (Fsp3) is 0.273. The average molecular weight is 361 g/mol. The molecule has 0 bridgehead atoms. The predicted octanol–water partition coefficient (Wildman–Crippen LogP) is 3.98. The highest BCUT2D eigenvalue weighted by atomic mass is 16.5. The molecule has 5 heteroatoms. The first kappa shape index (κ1) is 17.3. The largest absolute Gasteiger partial charge is 0.457 e. The van der Waals surface area contributed by atoms with Crippen molar-refractivity contribution in [1.29, 1.82) is 0 Å². The summed E-state index contributed by atoms with van der Waals surface area (Å²) in [5.74, 6) is 1.40. The van der Waals surface area contributed by atoms with Gasteiger partial charge in [-0.05, 0) is 67.6 Å². The van der Waals surface area contributed by atoms with Crippen LogP contribution < -0.4 is 10.1 Å². The zero-order chi connectivity index (χ0) is 18.5. The summed E-state index contributed by atoms with van der Waals surface area (Å²) in [5, 5.41) is 7.44. The lowest BCUT2D eigenvalue weighted by Crippen LogP contribution is -2.28. The molecule has 4 rings (SSSR count). The second-order valence-electron chi connectivity index (χ2n) is 6.74. The lowest BCUT2D eigenvalue weighted by molar-refractivity contribution is 0.0952. The monoisotopic (exact) mass is 361 g/mol. The van der Waals surface area contributed by atoms with E-state index in [-0.39, 0.29) is 5.91 Å². The number of rotatable bonds is 6. The highest BCUT2D eigenvalue weighted by Crippen LogP contribution is 2.21. The van der Waals surface area contributed by atoms with Gasteiger partial charge in [-0.3, -0.25) is 9.48 Å². The van der Waals surface area contributed by atoms with E-state index < -0.39 is 0 Å². The first-order valence-electron chi connectivity index (χ1n) is 9.44. The zero-order valence-electron chi connectivity index (χ0n) is 15.2. The quantitative estimate of drug-likeness (QED) is 0.722. The van der Waals surface area contributed by atoms with Gasteiger partial charge in [0, 0.05) is 17.8 Å². The predicted molar refractivity (Wildman–Crippen MR) is 104 cm³/mol. The van der Waals surface area contributed by atoms with Gasteiger partial charge in [0.15, 0.2) is 0 Å². The number of aryl methyl sites for hydroxylation is 1. The summed E-state index contributed by atoms with van der Waals surface area (Å²) < 4.78 is 7.79. The minimum atomic E-state index is -0.0812. The van der Waals surface area contributed by atoms with Gasteiger partial charge < -0.3 is 10.1 Å². The number of para-hydroxylation sites is 1. The van der Waals surface area contributed by atoms with Gasteiger partial charge in [0.05, 0.1) is 12.7 Å². The number of benzene rings is 2. The van der Waals surface area contributed by atoms with Gasteiger partial charge in [0.1, 0.15) is 11.5 Å². The Morgan fingerprint density at radius 1 is 1.00 bits per heavy atom. The number of carbonyl (C=O) groups excluding carboxylic acids is 1. The van der Waals surface area contributed by atoms with Crippen molar-refractivity contribution < 1.29 is 9.53 Å². The third-order valence-corrected chi connectivity index (χ3v) is 4.85. The van der Waals surface area contributed by atoms with Crippen molar-refractivity contribution in [3.8, 4) is 11.5 Å². The molecule has 1 N–H and O–H groups in total. The average Bonchev–Trinajstić information content (AvgIpc) is 3.12. The van der Waals surface area contributed by atoms with Gasteiger partial charge in [-0.15, -0.1) is 0 Å². The Balaban J connectivity index is 1.30. The van der Waals surface area contributed by atoms with E-state index in [1.54, 1.807) is 12.1 Å². The summed E-state index contributed by atoms with van der Waals surface area (Å²) in [4.78, 5) is 12.3. The number of hydrogen-bond acceptors (Lipinski definition) is 3. The van der Waals surface area contributed by atoms with Crippen LogP contribution in [0.15, 0.2) is 60.8 Å². The van der Waals surface area contributed by atoms with E-state index in [9.17, 15) is 4.79 Å². The number of nitrogens with one attached hydrogen (secondary N) is 1. The van der Waals surface area contributed by atoms with Gasteiger partial charge in [0.2, 0.25) is 0 Å². The fourth-order valence-corrected chi connectivity index (χ4v) is 3.42. The summed E-state index contributed by atoms with van der Waals surface area (Å²) >= 11 is 0. The summed E-state index contributed by atoms with van der Waals surface area (Å²) in [6.07, 6.45) is 6.66. The van der Waals surface area contributed by atoms with Crippen LogP contribution >= 0.6 is 0 Å². The number of aromatic nitrogens is 2. The molecule has 0 atom stereocenters. The molecule has 2 aromatic carbocycles. The van der Waals surface area contributed by atoms with Crippen LogP contribution in [0.5, 0.6) is 11.5 Å². The standard InChI is InChI=1S/C22H23N3O2/c26-22(23-14-15-25-21-9-5-4-6-18(21)16-24-25)17-10-12-20(13-11-17)27-19-7-2-1-3-8-19/h1-3,7-8,10-13,16H,4-6,9,14-15H2,(H,23,26). The molecule has 1 heterocycles. The van der Waals surface area contributed by atoms with Crippen LogP contribution in [0.2, 0.25) is 0 Å². The number of nitrogens with zero attached hydrogens (tertiary/aromatic N) is 2. The van der Waals surface area contributed by atoms with Crippen LogP contribution in [0, 0.1) is 0 Å². The van der Waals surface area contributed by atoms with Crippen LogP contribution in [0.3, 0.4) is 0 Å². The van der Waals surface area contributed by atoms with E-state index >= 15 is 0 Å². The van der Waals surface area contributed by atoms with Crippen LogP contribution in [-0.4, -0.2) is 22.2 Å². The lowest BCUT2D eigenvalue weighted by Gasteiger charge is -2.14. The topological polar surface area (TPSA) is 56.2 Å². The Morgan fingerprint density at radius 2 is 1.74 bits per heavy atom. The van der Waals surface area contributed by atoms with Crippen molar-refractivity contribution in [2.45, 2.75) is 32.2 Å². The van der Waals surface area contributed by atoms with Gasteiger partial charge in [-0.2, -0.15) is 5.10 Å². The Bertz CT molecular complexity index is 901. The van der Waals surface area contributed by atoms with E-state index in [1.165, 1.54) is 24.1 Å². The molecular formula is C22H23N3O2. The summed E-state index contributed by atoms with van der Waals surface area (Å²) in [5.41, 5.74) is 3.32. The van der Waals surface area contributed by atoms with Gasteiger partial charge >= 0.3 is 0 Å².